The Kier molecular flexibility index (Phi) is 6.22. The van der Waals surface area contributed by atoms with E-state index in [1.54, 1.807) is 0 Å². The van der Waals surface area contributed by atoms with Crippen molar-refractivity contribution in [3.05, 3.63) is 182 Å². The van der Waals surface area contributed by atoms with Crippen molar-refractivity contribution in [3.63, 3.8) is 0 Å². The molecule has 0 fully saturated rings. The van der Waals surface area contributed by atoms with Crippen LogP contribution in [0.15, 0.2) is 182 Å². The minimum Gasteiger partial charge on any atom is -0.309 e. The normalized spacial score (nSPS) is 11.8. The summed E-state index contributed by atoms with van der Waals surface area (Å²) in [5.74, 6) is 0.660. The number of para-hydroxylation sites is 3. The second-order valence-electron chi connectivity index (χ2n) is 13.4. The average molecular weight is 663 g/mol. The first-order valence-electron chi connectivity index (χ1n) is 17.7. The van der Waals surface area contributed by atoms with Crippen LogP contribution in [0.3, 0.4) is 0 Å². The zero-order valence-electron chi connectivity index (χ0n) is 28.1. The van der Waals surface area contributed by atoms with Crippen LogP contribution in [0.4, 0.5) is 0 Å². The quantitative estimate of drug-likeness (QED) is 0.188. The predicted molar refractivity (Wildman–Crippen MR) is 217 cm³/mol. The molecule has 8 aromatic carbocycles. The van der Waals surface area contributed by atoms with Gasteiger partial charge in [-0.2, -0.15) is 0 Å². The van der Waals surface area contributed by atoms with E-state index in [9.17, 15) is 0 Å². The summed E-state index contributed by atoms with van der Waals surface area (Å²) in [5, 5.41) is 8.21. The third-order valence-corrected chi connectivity index (χ3v) is 10.5. The van der Waals surface area contributed by atoms with Gasteiger partial charge < -0.3 is 4.57 Å². The van der Waals surface area contributed by atoms with Crippen molar-refractivity contribution in [2.75, 3.05) is 0 Å². The number of rotatable bonds is 4. The molecule has 0 saturated carbocycles. The van der Waals surface area contributed by atoms with Crippen molar-refractivity contribution in [3.8, 4) is 34.0 Å². The standard InChI is InChI=1S/C48H30N4/c1-3-15-32(16-4-1)46-38-21-9-11-23-41(38)49-48(50-46)52-44-25-13-22-35(45(44)39-28-26-31-14-7-8-19-36(31)47(39)52)33-27-29-43-40(30-33)37-20-10-12-24-42(37)51(43)34-17-5-2-6-18-34/h1-30H. The lowest BCUT2D eigenvalue weighted by molar-refractivity contribution is 1.02. The van der Waals surface area contributed by atoms with Gasteiger partial charge in [-0.1, -0.05) is 140 Å². The van der Waals surface area contributed by atoms with Crippen molar-refractivity contribution in [1.82, 2.24) is 19.1 Å². The van der Waals surface area contributed by atoms with Crippen LogP contribution in [0, 0.1) is 0 Å². The molecule has 0 N–H and O–H groups in total. The van der Waals surface area contributed by atoms with E-state index >= 15 is 0 Å². The molecule has 4 heteroatoms. The van der Waals surface area contributed by atoms with Crippen molar-refractivity contribution in [2.45, 2.75) is 0 Å². The molecular formula is C48H30N4. The van der Waals surface area contributed by atoms with E-state index in [0.29, 0.717) is 5.95 Å². The third-order valence-electron chi connectivity index (χ3n) is 10.5. The Morgan fingerprint density at radius 2 is 1.08 bits per heavy atom. The summed E-state index contributed by atoms with van der Waals surface area (Å²) in [4.78, 5) is 10.6. The highest BCUT2D eigenvalue weighted by Crippen LogP contribution is 2.43. The summed E-state index contributed by atoms with van der Waals surface area (Å²) >= 11 is 0. The lowest BCUT2D eigenvalue weighted by Crippen LogP contribution is -2.03. The minimum atomic E-state index is 0.660. The monoisotopic (exact) mass is 662 g/mol. The van der Waals surface area contributed by atoms with E-state index in [1.807, 2.05) is 6.07 Å². The van der Waals surface area contributed by atoms with Crippen LogP contribution in [0.25, 0.3) is 99.3 Å². The van der Waals surface area contributed by atoms with Gasteiger partial charge in [0.05, 0.1) is 33.3 Å². The zero-order valence-corrected chi connectivity index (χ0v) is 28.1. The van der Waals surface area contributed by atoms with Crippen LogP contribution < -0.4 is 0 Å². The molecule has 11 aromatic rings. The maximum atomic E-state index is 5.38. The molecule has 0 bridgehead atoms. The van der Waals surface area contributed by atoms with Gasteiger partial charge in [0.1, 0.15) is 0 Å². The fourth-order valence-electron chi connectivity index (χ4n) is 8.25. The van der Waals surface area contributed by atoms with E-state index in [2.05, 4.69) is 185 Å². The fourth-order valence-corrected chi connectivity index (χ4v) is 8.25. The SMILES string of the molecule is c1ccc(-c2nc(-n3c4cccc(-c5ccc6c(c5)c5ccccc5n6-c5ccccc5)c4c4ccc5ccccc5c43)nc3ccccc23)cc1. The first-order chi connectivity index (χ1) is 25.8. The molecule has 3 aromatic heterocycles. The van der Waals surface area contributed by atoms with Crippen molar-refractivity contribution in [1.29, 1.82) is 0 Å². The van der Waals surface area contributed by atoms with Crippen LogP contribution in [0.5, 0.6) is 0 Å². The molecule has 0 spiro atoms. The van der Waals surface area contributed by atoms with Gasteiger partial charge in [-0.15, -0.1) is 0 Å². The molecule has 11 rings (SSSR count). The van der Waals surface area contributed by atoms with Crippen LogP contribution in [-0.4, -0.2) is 19.1 Å². The van der Waals surface area contributed by atoms with Crippen molar-refractivity contribution < 1.29 is 0 Å². The number of hydrogen-bond acceptors (Lipinski definition) is 2. The highest BCUT2D eigenvalue weighted by Gasteiger charge is 2.22. The number of benzene rings is 8. The largest absolute Gasteiger partial charge is 0.309 e. The fraction of sp³-hybridized carbons (Fsp3) is 0. The summed E-state index contributed by atoms with van der Waals surface area (Å²) in [5.41, 5.74) is 11.0. The second-order valence-corrected chi connectivity index (χ2v) is 13.4. The molecule has 0 amide bonds. The van der Waals surface area contributed by atoms with Crippen LogP contribution in [-0.2, 0) is 0 Å². The third kappa shape index (κ3) is 4.21. The second kappa shape index (κ2) is 11.2. The number of aromatic nitrogens is 4. The number of fused-ring (bicyclic) bond motifs is 9. The van der Waals surface area contributed by atoms with Crippen LogP contribution in [0.2, 0.25) is 0 Å². The summed E-state index contributed by atoms with van der Waals surface area (Å²) < 4.78 is 4.66. The Bertz CT molecular complexity index is 3170. The molecule has 0 atom stereocenters. The highest BCUT2D eigenvalue weighted by atomic mass is 15.2. The van der Waals surface area contributed by atoms with E-state index in [4.69, 9.17) is 9.97 Å². The molecule has 0 saturated heterocycles. The Hall–Kier alpha value is -7.04. The Morgan fingerprint density at radius 1 is 0.385 bits per heavy atom. The van der Waals surface area contributed by atoms with E-state index in [-0.39, 0.29) is 0 Å². The summed E-state index contributed by atoms with van der Waals surface area (Å²) in [6.45, 7) is 0. The van der Waals surface area contributed by atoms with Gasteiger partial charge in [-0.3, -0.25) is 4.57 Å². The van der Waals surface area contributed by atoms with E-state index < -0.39 is 0 Å². The first-order valence-corrected chi connectivity index (χ1v) is 17.7. The molecule has 0 aliphatic rings. The molecule has 242 valence electrons. The van der Waals surface area contributed by atoms with Crippen LogP contribution >= 0.6 is 0 Å². The van der Waals surface area contributed by atoms with Gasteiger partial charge in [-0.05, 0) is 59.0 Å². The molecule has 3 heterocycles. The highest BCUT2D eigenvalue weighted by molar-refractivity contribution is 6.23. The van der Waals surface area contributed by atoms with Gasteiger partial charge in [-0.25, -0.2) is 9.97 Å². The maximum Gasteiger partial charge on any atom is 0.235 e. The minimum absolute atomic E-state index is 0.660. The smallest absolute Gasteiger partial charge is 0.235 e. The Morgan fingerprint density at radius 3 is 1.94 bits per heavy atom. The molecule has 0 unspecified atom stereocenters. The summed E-state index contributed by atoms with van der Waals surface area (Å²) in [6.07, 6.45) is 0. The van der Waals surface area contributed by atoms with Gasteiger partial charge in [0.2, 0.25) is 5.95 Å². The lowest BCUT2D eigenvalue weighted by Gasteiger charge is -2.12. The maximum absolute atomic E-state index is 5.38. The zero-order chi connectivity index (χ0) is 34.2. The summed E-state index contributed by atoms with van der Waals surface area (Å²) in [7, 11) is 0. The molecular weight excluding hydrogens is 633 g/mol. The van der Waals surface area contributed by atoms with Crippen molar-refractivity contribution >= 4 is 65.3 Å². The van der Waals surface area contributed by atoms with Crippen molar-refractivity contribution in [2.24, 2.45) is 0 Å². The predicted octanol–water partition coefficient (Wildman–Crippen LogP) is 12.3. The lowest BCUT2D eigenvalue weighted by atomic mass is 9.97. The van der Waals surface area contributed by atoms with E-state index in [0.717, 1.165) is 38.9 Å². The van der Waals surface area contributed by atoms with Gasteiger partial charge >= 0.3 is 0 Å². The molecule has 0 aliphatic carbocycles. The molecule has 4 nitrogen and oxygen atoms in total. The number of nitrogens with zero attached hydrogens (tertiary/aromatic N) is 4. The topological polar surface area (TPSA) is 35.6 Å². The Balaban J connectivity index is 1.23. The first kappa shape index (κ1) is 28.8. The van der Waals surface area contributed by atoms with Gasteiger partial charge in [0, 0.05) is 43.6 Å². The Labute approximate surface area is 299 Å². The molecule has 0 aliphatic heterocycles. The van der Waals surface area contributed by atoms with Gasteiger partial charge in [0.15, 0.2) is 0 Å². The van der Waals surface area contributed by atoms with Crippen LogP contribution in [0.1, 0.15) is 0 Å². The number of hydrogen-bond donors (Lipinski definition) is 0. The van der Waals surface area contributed by atoms with E-state index in [1.165, 1.54) is 54.5 Å². The molecule has 0 radical (unpaired) electrons. The molecule has 52 heavy (non-hydrogen) atoms. The average Bonchev–Trinajstić information content (AvgIpc) is 3.74. The van der Waals surface area contributed by atoms with Gasteiger partial charge in [0.25, 0.3) is 0 Å². The summed E-state index contributed by atoms with van der Waals surface area (Å²) in [6, 6.07) is 64.8.